The van der Waals surface area contributed by atoms with E-state index in [1.54, 1.807) is 5.56 Å². The summed E-state index contributed by atoms with van der Waals surface area (Å²) in [5.41, 5.74) is 2.93. The zero-order valence-electron chi connectivity index (χ0n) is 8.53. The lowest BCUT2D eigenvalue weighted by Crippen LogP contribution is -2.03. The van der Waals surface area contributed by atoms with Crippen LogP contribution in [0.3, 0.4) is 0 Å². The third-order valence-electron chi connectivity index (χ3n) is 4.63. The Morgan fingerprint density at radius 3 is 2.21 bits per heavy atom. The van der Waals surface area contributed by atoms with Gasteiger partial charge in [-0.2, -0.15) is 0 Å². The van der Waals surface area contributed by atoms with Crippen LogP contribution in [0.25, 0.3) is 0 Å². The third-order valence-corrected chi connectivity index (χ3v) is 4.63. The van der Waals surface area contributed by atoms with E-state index in [-0.39, 0.29) is 0 Å². The van der Waals surface area contributed by atoms with E-state index < -0.39 is 0 Å². The Hall–Kier alpha value is -0.910. The molecule has 4 aliphatic rings. The molecule has 1 aromatic carbocycles. The fraction of sp³-hybridized carbons (Fsp3) is 0.500. The van der Waals surface area contributed by atoms with Gasteiger partial charge in [-0.3, -0.25) is 0 Å². The fourth-order valence-electron chi connectivity index (χ4n) is 4.00. The van der Waals surface area contributed by atoms with Gasteiger partial charge >= 0.3 is 0 Å². The van der Waals surface area contributed by atoms with Gasteiger partial charge in [-0.1, -0.05) is 0 Å². The summed E-state index contributed by atoms with van der Waals surface area (Å²) < 4.78 is 0. The summed E-state index contributed by atoms with van der Waals surface area (Å²) in [4.78, 5) is 0. The predicted molar refractivity (Wildman–Crippen MR) is 56.7 cm³/mol. The van der Waals surface area contributed by atoms with Crippen LogP contribution in [-0.2, 0) is 0 Å². The van der Waals surface area contributed by atoms with E-state index in [1.165, 1.54) is 18.4 Å². The summed E-state index contributed by atoms with van der Waals surface area (Å²) in [6.07, 6.45) is 3.02. The van der Waals surface area contributed by atoms with Gasteiger partial charge in [0.2, 0.25) is 0 Å². The molecule has 2 unspecified atom stereocenters. The normalized spacial score (nSPS) is 41.9. The maximum atomic E-state index is 2.33. The fourth-order valence-corrected chi connectivity index (χ4v) is 4.00. The number of hydrogen-bond donors (Lipinski definition) is 0. The summed E-state index contributed by atoms with van der Waals surface area (Å²) in [6.45, 7) is 2.17. The highest BCUT2D eigenvalue weighted by atomic mass is 14.7. The highest BCUT2D eigenvalue weighted by Crippen LogP contribution is 2.75. The first kappa shape index (κ1) is 7.39. The van der Waals surface area contributed by atoms with Crippen LogP contribution >= 0.6 is 0 Å². The molecule has 0 spiro atoms. The Bertz CT molecular complexity index is 362. The van der Waals surface area contributed by atoms with Crippen molar-refractivity contribution in [2.75, 3.05) is 0 Å². The molecule has 0 nitrogen and oxygen atoms in total. The third kappa shape index (κ3) is 0.739. The lowest BCUT2D eigenvalue weighted by atomic mass is 9.90. The maximum Gasteiger partial charge on any atom is 0.133 e. The SMILES string of the molecule is Cc1ccc([C+]2C3CC4C(C3)C24)cc1. The predicted octanol–water partition coefficient (Wildman–Crippen LogP) is 3.20. The van der Waals surface area contributed by atoms with E-state index in [1.807, 2.05) is 5.92 Å². The molecule has 5 rings (SSSR count). The molecule has 4 fully saturated rings. The Labute approximate surface area is 85.3 Å². The lowest BCUT2D eigenvalue weighted by molar-refractivity contribution is 0.642. The molecule has 4 aliphatic carbocycles. The summed E-state index contributed by atoms with van der Waals surface area (Å²) in [5.74, 6) is 6.02. The molecule has 4 bridgehead atoms. The quantitative estimate of drug-likeness (QED) is 0.586. The van der Waals surface area contributed by atoms with E-state index in [4.69, 9.17) is 0 Å². The van der Waals surface area contributed by atoms with E-state index in [0.29, 0.717) is 0 Å². The van der Waals surface area contributed by atoms with E-state index in [2.05, 4.69) is 31.2 Å². The van der Waals surface area contributed by atoms with Crippen molar-refractivity contribution in [1.29, 1.82) is 0 Å². The number of benzene rings is 1. The molecule has 2 atom stereocenters. The van der Waals surface area contributed by atoms with Gasteiger partial charge in [-0.25, -0.2) is 0 Å². The molecular formula is C14H15+. The van der Waals surface area contributed by atoms with Crippen molar-refractivity contribution in [2.24, 2.45) is 23.7 Å². The summed E-state index contributed by atoms with van der Waals surface area (Å²) >= 11 is 0. The standard InChI is InChI=1S/C14H15/c1-8-2-4-9(5-3-8)13-10-6-11-12(7-10)14(11)13/h2-5,10-12,14H,6-7H2,1H3/q+1. The first-order valence-electron chi connectivity index (χ1n) is 5.78. The van der Waals surface area contributed by atoms with Crippen LogP contribution in [0.2, 0.25) is 0 Å². The van der Waals surface area contributed by atoms with Gasteiger partial charge in [0.1, 0.15) is 5.56 Å². The van der Waals surface area contributed by atoms with E-state index in [9.17, 15) is 0 Å². The molecule has 0 N–H and O–H groups in total. The zero-order chi connectivity index (χ0) is 9.28. The smallest absolute Gasteiger partial charge is 0.0374 e. The minimum Gasteiger partial charge on any atom is -0.0374 e. The number of rotatable bonds is 1. The Morgan fingerprint density at radius 2 is 1.71 bits per heavy atom. The van der Waals surface area contributed by atoms with Gasteiger partial charge in [0, 0.05) is 29.9 Å². The second-order valence-corrected chi connectivity index (χ2v) is 5.34. The van der Waals surface area contributed by atoms with Gasteiger partial charge in [-0.15, -0.1) is 0 Å². The Morgan fingerprint density at radius 1 is 1.07 bits per heavy atom. The number of hydrogen-bond acceptors (Lipinski definition) is 0. The van der Waals surface area contributed by atoms with Crippen molar-refractivity contribution < 1.29 is 0 Å². The molecular weight excluding hydrogens is 168 g/mol. The largest absolute Gasteiger partial charge is 0.133 e. The molecule has 70 valence electrons. The molecule has 14 heavy (non-hydrogen) atoms. The lowest BCUT2D eigenvalue weighted by Gasteiger charge is -2.07. The Kier molecular flexibility index (Phi) is 1.15. The topological polar surface area (TPSA) is 0 Å². The van der Waals surface area contributed by atoms with Gasteiger partial charge in [0.05, 0.1) is 0 Å². The summed E-state index contributed by atoms with van der Waals surface area (Å²) in [6, 6.07) is 9.19. The van der Waals surface area contributed by atoms with Crippen molar-refractivity contribution >= 4 is 0 Å². The van der Waals surface area contributed by atoms with Crippen molar-refractivity contribution in [1.82, 2.24) is 0 Å². The van der Waals surface area contributed by atoms with Crippen LogP contribution in [0.5, 0.6) is 0 Å². The average molecular weight is 183 g/mol. The highest BCUT2D eigenvalue weighted by molar-refractivity contribution is 5.45. The van der Waals surface area contributed by atoms with Crippen molar-refractivity contribution in [3.05, 3.63) is 41.3 Å². The van der Waals surface area contributed by atoms with E-state index in [0.717, 1.165) is 23.7 Å². The molecule has 0 heterocycles. The molecule has 4 saturated carbocycles. The monoisotopic (exact) mass is 183 g/mol. The molecule has 0 amide bonds. The second-order valence-electron chi connectivity index (χ2n) is 5.34. The van der Waals surface area contributed by atoms with Gasteiger partial charge < -0.3 is 0 Å². The van der Waals surface area contributed by atoms with Crippen molar-refractivity contribution in [2.45, 2.75) is 19.8 Å². The molecule has 1 aromatic rings. The number of aryl methyl sites for hydroxylation is 1. The van der Waals surface area contributed by atoms with Crippen LogP contribution in [0.4, 0.5) is 0 Å². The maximum absolute atomic E-state index is 2.33. The van der Waals surface area contributed by atoms with Crippen LogP contribution in [0.1, 0.15) is 24.0 Å². The Balaban J connectivity index is 1.73. The van der Waals surface area contributed by atoms with Gasteiger partial charge in [-0.05, 0) is 49.3 Å². The molecule has 0 saturated heterocycles. The van der Waals surface area contributed by atoms with Crippen LogP contribution in [-0.4, -0.2) is 0 Å². The average Bonchev–Trinajstić information content (AvgIpc) is 2.63. The van der Waals surface area contributed by atoms with E-state index >= 15 is 0 Å². The zero-order valence-corrected chi connectivity index (χ0v) is 8.53. The summed E-state index contributed by atoms with van der Waals surface area (Å²) in [5, 5.41) is 0. The van der Waals surface area contributed by atoms with Crippen LogP contribution in [0, 0.1) is 36.5 Å². The van der Waals surface area contributed by atoms with Crippen LogP contribution < -0.4 is 0 Å². The van der Waals surface area contributed by atoms with Gasteiger partial charge in [0.15, 0.2) is 0 Å². The second kappa shape index (κ2) is 2.18. The molecule has 0 aromatic heterocycles. The van der Waals surface area contributed by atoms with Gasteiger partial charge in [0.25, 0.3) is 0 Å². The summed E-state index contributed by atoms with van der Waals surface area (Å²) in [7, 11) is 0. The highest BCUT2D eigenvalue weighted by Gasteiger charge is 2.72. The molecule has 0 radical (unpaired) electrons. The molecule has 0 heteroatoms. The minimum absolute atomic E-state index is 0.970. The first-order chi connectivity index (χ1) is 6.84. The molecule has 0 aliphatic heterocycles. The van der Waals surface area contributed by atoms with Crippen molar-refractivity contribution in [3.63, 3.8) is 0 Å². The van der Waals surface area contributed by atoms with Crippen LogP contribution in [0.15, 0.2) is 24.3 Å². The van der Waals surface area contributed by atoms with Crippen molar-refractivity contribution in [3.8, 4) is 0 Å². The minimum atomic E-state index is 0.970. The first-order valence-corrected chi connectivity index (χ1v) is 5.78.